The molecule has 4 rings (SSSR count). The third-order valence-electron chi connectivity index (χ3n) is 5.36. The van der Waals surface area contributed by atoms with Gasteiger partial charge >= 0.3 is 0 Å². The molecule has 0 bridgehead atoms. The molecule has 0 unspecified atom stereocenters. The second-order valence-corrected chi connectivity index (χ2v) is 7.32. The molecule has 7 nitrogen and oxygen atoms in total. The average Bonchev–Trinajstić information content (AvgIpc) is 3.10. The van der Waals surface area contributed by atoms with Gasteiger partial charge in [0.25, 0.3) is 5.91 Å². The van der Waals surface area contributed by atoms with Gasteiger partial charge in [-0.25, -0.2) is 0 Å². The molecule has 3 aromatic rings. The van der Waals surface area contributed by atoms with Gasteiger partial charge in [-0.15, -0.1) is 0 Å². The summed E-state index contributed by atoms with van der Waals surface area (Å²) in [6.07, 6.45) is 0. The third-order valence-corrected chi connectivity index (χ3v) is 5.36. The van der Waals surface area contributed by atoms with E-state index in [9.17, 15) is 4.79 Å². The van der Waals surface area contributed by atoms with Crippen LogP contribution in [0, 0.1) is 13.8 Å². The number of benzene rings is 2. The molecule has 7 heteroatoms. The molecule has 1 N–H and O–H groups in total. The number of amides is 1. The summed E-state index contributed by atoms with van der Waals surface area (Å²) in [7, 11) is 3.18. The molecule has 0 saturated heterocycles. The monoisotopic (exact) mass is 422 g/mol. The summed E-state index contributed by atoms with van der Waals surface area (Å²) in [5, 5.41) is 2.99. The van der Waals surface area contributed by atoms with Gasteiger partial charge in [0.15, 0.2) is 23.0 Å². The zero-order valence-corrected chi connectivity index (χ0v) is 18.2. The van der Waals surface area contributed by atoms with Gasteiger partial charge in [-0.3, -0.25) is 4.79 Å². The first-order valence-electron chi connectivity index (χ1n) is 10.1. The number of carbonyl (C=O) groups is 1. The van der Waals surface area contributed by atoms with Crippen LogP contribution in [0.25, 0.3) is 5.69 Å². The van der Waals surface area contributed by atoms with Gasteiger partial charge in [0.2, 0.25) is 0 Å². The Morgan fingerprint density at radius 1 is 0.968 bits per heavy atom. The Balaban J connectivity index is 1.54. The molecule has 0 spiro atoms. The molecular formula is C24H26N2O5. The lowest BCUT2D eigenvalue weighted by Gasteiger charge is -2.20. The topological polar surface area (TPSA) is 71.0 Å². The number of carbonyl (C=O) groups excluding carboxylic acids is 1. The van der Waals surface area contributed by atoms with Gasteiger partial charge in [0.1, 0.15) is 13.2 Å². The fourth-order valence-corrected chi connectivity index (χ4v) is 3.83. The van der Waals surface area contributed by atoms with E-state index in [0.29, 0.717) is 36.8 Å². The normalized spacial score (nSPS) is 12.4. The molecule has 1 amide bonds. The van der Waals surface area contributed by atoms with E-state index in [1.54, 1.807) is 14.2 Å². The number of aromatic nitrogens is 1. The van der Waals surface area contributed by atoms with E-state index in [-0.39, 0.29) is 5.91 Å². The summed E-state index contributed by atoms with van der Waals surface area (Å²) >= 11 is 0. The molecule has 1 aliphatic rings. The van der Waals surface area contributed by atoms with Crippen molar-refractivity contribution in [1.82, 2.24) is 9.88 Å². The third kappa shape index (κ3) is 4.03. The van der Waals surface area contributed by atoms with Crippen molar-refractivity contribution in [1.29, 1.82) is 0 Å². The van der Waals surface area contributed by atoms with Crippen molar-refractivity contribution >= 4 is 5.91 Å². The Labute approximate surface area is 181 Å². The van der Waals surface area contributed by atoms with Crippen LogP contribution in [-0.4, -0.2) is 37.9 Å². The maximum absolute atomic E-state index is 12.9. The van der Waals surface area contributed by atoms with Gasteiger partial charge in [-0.2, -0.15) is 0 Å². The Morgan fingerprint density at radius 2 is 1.71 bits per heavy atom. The van der Waals surface area contributed by atoms with Crippen LogP contribution in [0.2, 0.25) is 0 Å². The molecular weight excluding hydrogens is 396 g/mol. The molecule has 1 aromatic heterocycles. The van der Waals surface area contributed by atoms with Crippen LogP contribution in [-0.2, 0) is 6.54 Å². The zero-order chi connectivity index (χ0) is 22.0. The number of rotatable bonds is 6. The van der Waals surface area contributed by atoms with E-state index in [2.05, 4.69) is 5.32 Å². The summed E-state index contributed by atoms with van der Waals surface area (Å²) in [4.78, 5) is 12.9. The molecule has 1 aliphatic heterocycles. The smallest absolute Gasteiger partial charge is 0.253 e. The fraction of sp³-hybridized carbons (Fsp3) is 0.292. The van der Waals surface area contributed by atoms with Crippen molar-refractivity contribution in [2.75, 3.05) is 27.4 Å². The van der Waals surface area contributed by atoms with Crippen LogP contribution in [0.3, 0.4) is 0 Å². The lowest BCUT2D eigenvalue weighted by molar-refractivity contribution is 0.0950. The van der Waals surface area contributed by atoms with Crippen LogP contribution in [0.4, 0.5) is 0 Å². The second kappa shape index (κ2) is 8.63. The largest absolute Gasteiger partial charge is 0.493 e. The van der Waals surface area contributed by atoms with Crippen LogP contribution >= 0.6 is 0 Å². The molecule has 0 radical (unpaired) electrons. The standard InChI is InChI=1S/C24H26N2O5/c1-15-11-19(24(27)25-14-17-5-7-20(28-3)22(12-17)29-4)16(2)26(15)18-6-8-21-23(13-18)31-10-9-30-21/h5-8,11-13H,9-10,14H2,1-4H3,(H,25,27). The van der Waals surface area contributed by atoms with Gasteiger partial charge in [0, 0.05) is 29.7 Å². The minimum atomic E-state index is -0.133. The maximum atomic E-state index is 12.9. The van der Waals surface area contributed by atoms with Gasteiger partial charge in [0.05, 0.1) is 19.8 Å². The summed E-state index contributed by atoms with van der Waals surface area (Å²) in [6, 6.07) is 13.3. The zero-order valence-electron chi connectivity index (χ0n) is 18.2. The van der Waals surface area contributed by atoms with Crippen molar-refractivity contribution in [2.24, 2.45) is 0 Å². The molecule has 2 aromatic carbocycles. The van der Waals surface area contributed by atoms with E-state index >= 15 is 0 Å². The van der Waals surface area contributed by atoms with E-state index < -0.39 is 0 Å². The first-order chi connectivity index (χ1) is 15.0. The lowest BCUT2D eigenvalue weighted by atomic mass is 10.2. The predicted octanol–water partition coefficient (Wildman–Crippen LogP) is 3.81. The van der Waals surface area contributed by atoms with E-state index in [1.165, 1.54) is 0 Å². The van der Waals surface area contributed by atoms with E-state index in [4.69, 9.17) is 18.9 Å². The van der Waals surface area contributed by atoms with Gasteiger partial charge < -0.3 is 28.8 Å². The first-order valence-corrected chi connectivity index (χ1v) is 10.1. The number of ether oxygens (including phenoxy) is 4. The first kappa shape index (κ1) is 20.7. The molecule has 0 saturated carbocycles. The van der Waals surface area contributed by atoms with Crippen LogP contribution in [0.1, 0.15) is 27.3 Å². The molecule has 0 fully saturated rings. The quantitative estimate of drug-likeness (QED) is 0.654. The highest BCUT2D eigenvalue weighted by Gasteiger charge is 2.19. The molecule has 0 aliphatic carbocycles. The van der Waals surface area contributed by atoms with E-state index in [1.807, 2.05) is 60.9 Å². The van der Waals surface area contributed by atoms with Crippen LogP contribution in [0.5, 0.6) is 23.0 Å². The maximum Gasteiger partial charge on any atom is 0.253 e. The molecule has 162 valence electrons. The molecule has 2 heterocycles. The van der Waals surface area contributed by atoms with Crippen molar-refractivity contribution in [3.63, 3.8) is 0 Å². The number of hydrogen-bond donors (Lipinski definition) is 1. The summed E-state index contributed by atoms with van der Waals surface area (Å²) in [5.74, 6) is 2.61. The average molecular weight is 422 g/mol. The Kier molecular flexibility index (Phi) is 5.75. The number of nitrogens with zero attached hydrogens (tertiary/aromatic N) is 1. The van der Waals surface area contributed by atoms with Crippen molar-refractivity contribution in [3.05, 3.63) is 65.0 Å². The highest BCUT2D eigenvalue weighted by Crippen LogP contribution is 2.33. The molecule has 31 heavy (non-hydrogen) atoms. The van der Waals surface area contributed by atoms with Crippen LogP contribution in [0.15, 0.2) is 42.5 Å². The number of methoxy groups -OCH3 is 2. The van der Waals surface area contributed by atoms with Gasteiger partial charge in [-0.1, -0.05) is 6.07 Å². The van der Waals surface area contributed by atoms with Crippen LogP contribution < -0.4 is 24.3 Å². The molecule has 0 atom stereocenters. The summed E-state index contributed by atoms with van der Waals surface area (Å²) in [5.41, 5.74) is 4.31. The SMILES string of the molecule is COc1ccc(CNC(=O)c2cc(C)n(-c3ccc4c(c3)OCCO4)c2C)cc1OC. The van der Waals surface area contributed by atoms with Crippen molar-refractivity contribution in [3.8, 4) is 28.7 Å². The Bertz CT molecular complexity index is 1120. The fourth-order valence-electron chi connectivity index (χ4n) is 3.83. The van der Waals surface area contributed by atoms with E-state index in [0.717, 1.165) is 34.1 Å². The predicted molar refractivity (Wildman–Crippen MR) is 117 cm³/mol. The number of hydrogen-bond acceptors (Lipinski definition) is 5. The number of fused-ring (bicyclic) bond motifs is 1. The number of aryl methyl sites for hydroxylation is 1. The van der Waals surface area contributed by atoms with Crippen molar-refractivity contribution < 1.29 is 23.7 Å². The summed E-state index contributed by atoms with van der Waals surface area (Å²) in [6.45, 7) is 5.39. The summed E-state index contributed by atoms with van der Waals surface area (Å²) < 4.78 is 24.0. The Morgan fingerprint density at radius 3 is 2.45 bits per heavy atom. The highest BCUT2D eigenvalue weighted by atomic mass is 16.6. The minimum absolute atomic E-state index is 0.133. The second-order valence-electron chi connectivity index (χ2n) is 7.32. The minimum Gasteiger partial charge on any atom is -0.493 e. The Hall–Kier alpha value is -3.61. The number of nitrogens with one attached hydrogen (secondary N) is 1. The van der Waals surface area contributed by atoms with Crippen molar-refractivity contribution in [2.45, 2.75) is 20.4 Å². The lowest BCUT2D eigenvalue weighted by Crippen LogP contribution is -2.23. The van der Waals surface area contributed by atoms with Gasteiger partial charge in [-0.05, 0) is 49.7 Å². The highest BCUT2D eigenvalue weighted by molar-refractivity contribution is 5.95.